The van der Waals surface area contributed by atoms with E-state index in [1.54, 1.807) is 32.0 Å². The van der Waals surface area contributed by atoms with Gasteiger partial charge in [-0.05, 0) is 38.5 Å². The predicted octanol–water partition coefficient (Wildman–Crippen LogP) is 2.70. The number of benzene rings is 1. The number of halogens is 3. The van der Waals surface area contributed by atoms with E-state index in [2.05, 4.69) is 0 Å². The van der Waals surface area contributed by atoms with E-state index in [-0.39, 0.29) is 13.0 Å². The molecule has 0 spiro atoms. The van der Waals surface area contributed by atoms with Crippen LogP contribution in [0.3, 0.4) is 0 Å². The summed E-state index contributed by atoms with van der Waals surface area (Å²) >= 11 is 0. The van der Waals surface area contributed by atoms with E-state index in [9.17, 15) is 26.7 Å². The zero-order valence-electron chi connectivity index (χ0n) is 16.2. The molecule has 158 valence electrons. The highest BCUT2D eigenvalue weighted by atomic mass is 32.2. The number of fused-ring (bicyclic) bond motifs is 1. The summed E-state index contributed by atoms with van der Waals surface area (Å²) in [6, 6.07) is 4.72. The third-order valence-corrected chi connectivity index (χ3v) is 5.70. The van der Waals surface area contributed by atoms with Crippen molar-refractivity contribution in [2.24, 2.45) is 0 Å². The van der Waals surface area contributed by atoms with Gasteiger partial charge in [0.05, 0.1) is 18.8 Å². The molecule has 1 aromatic rings. The van der Waals surface area contributed by atoms with Gasteiger partial charge in [0.25, 0.3) is 0 Å². The number of aliphatic hydroxyl groups excluding tert-OH is 1. The number of ether oxygens (including phenoxy) is 2. The van der Waals surface area contributed by atoms with Crippen LogP contribution in [-0.2, 0) is 10.0 Å². The molecule has 1 aromatic carbocycles. The molecule has 1 heterocycles. The van der Waals surface area contributed by atoms with Crippen LogP contribution >= 0.6 is 0 Å². The van der Waals surface area contributed by atoms with Crippen LogP contribution in [0.25, 0.3) is 0 Å². The van der Waals surface area contributed by atoms with Crippen molar-refractivity contribution in [2.75, 3.05) is 19.9 Å². The third-order valence-electron chi connectivity index (χ3n) is 4.53. The van der Waals surface area contributed by atoms with Crippen LogP contribution < -0.4 is 9.47 Å². The maximum atomic E-state index is 12.2. The number of aliphatic hydroxyl groups is 1. The number of rotatable bonds is 6. The van der Waals surface area contributed by atoms with Gasteiger partial charge in [0.2, 0.25) is 0 Å². The molecule has 0 amide bonds. The molecule has 10 heteroatoms. The Kier molecular flexibility index (Phi) is 6.34. The van der Waals surface area contributed by atoms with E-state index in [4.69, 9.17) is 9.47 Å². The van der Waals surface area contributed by atoms with Crippen molar-refractivity contribution in [1.29, 1.82) is 0 Å². The highest BCUT2D eigenvalue weighted by molar-refractivity contribution is 7.84. The lowest BCUT2D eigenvalue weighted by atomic mass is 9.82. The maximum Gasteiger partial charge on any atom is 0.389 e. The lowest BCUT2D eigenvalue weighted by molar-refractivity contribution is -0.323. The first kappa shape index (κ1) is 22.5. The molecular weight excluding hydrogens is 399 g/mol. The Hall–Kier alpha value is -1.81. The molecule has 2 rings (SSSR count). The number of hydrogen-bond acceptors (Lipinski definition) is 5. The Labute approximate surface area is 162 Å². The summed E-state index contributed by atoms with van der Waals surface area (Å²) in [5.41, 5.74) is -0.475. The van der Waals surface area contributed by atoms with Crippen LogP contribution in [0.4, 0.5) is 13.2 Å². The van der Waals surface area contributed by atoms with Gasteiger partial charge in [0.1, 0.15) is 23.2 Å². The fourth-order valence-electron chi connectivity index (χ4n) is 2.88. The number of sulfonamides is 1. The monoisotopic (exact) mass is 424 g/mol. The van der Waals surface area contributed by atoms with Gasteiger partial charge in [-0.1, -0.05) is 0 Å². The zero-order chi connectivity index (χ0) is 21.3. The second-order valence-electron chi connectivity index (χ2n) is 7.37. The van der Waals surface area contributed by atoms with Crippen molar-refractivity contribution in [1.82, 2.24) is 0 Å². The smallest absolute Gasteiger partial charge is 0.389 e. The fraction of sp³-hybridized carbons (Fsp3) is 0.611. The van der Waals surface area contributed by atoms with E-state index in [1.807, 2.05) is 0 Å². The minimum absolute atomic E-state index is 0.120. The Bertz CT molecular complexity index is 849. The lowest BCUT2D eigenvalue weighted by Crippen LogP contribution is -2.49. The summed E-state index contributed by atoms with van der Waals surface area (Å²) < 4.78 is 72.5. The van der Waals surface area contributed by atoms with E-state index in [0.717, 1.165) is 10.2 Å². The minimum Gasteiger partial charge on any atom is -0.494 e. The topological polar surface area (TPSA) is 75.8 Å². The first-order chi connectivity index (χ1) is 12.7. The molecule has 0 radical (unpaired) electrons. The number of nitrogens with zero attached hydrogens (tertiary/aromatic N) is 1. The Balaban J connectivity index is 2.31. The normalized spacial score (nSPS) is 22.4. The quantitative estimate of drug-likeness (QED) is 0.432. The molecule has 28 heavy (non-hydrogen) atoms. The summed E-state index contributed by atoms with van der Waals surface area (Å²) in [6.07, 6.45) is -3.98. The molecule has 1 aliphatic heterocycles. The van der Waals surface area contributed by atoms with Crippen molar-refractivity contribution >= 4 is 16.2 Å². The molecular formula is C18H25F3NO5S+. The zero-order valence-corrected chi connectivity index (χ0v) is 17.0. The van der Waals surface area contributed by atoms with Gasteiger partial charge in [-0.25, -0.2) is 0 Å². The van der Waals surface area contributed by atoms with Crippen LogP contribution in [0.1, 0.15) is 38.2 Å². The summed E-state index contributed by atoms with van der Waals surface area (Å²) in [7, 11) is -2.16. The first-order valence-electron chi connectivity index (χ1n) is 8.69. The van der Waals surface area contributed by atoms with Crippen molar-refractivity contribution in [3.05, 3.63) is 23.8 Å². The molecule has 0 aromatic heterocycles. The van der Waals surface area contributed by atoms with Crippen molar-refractivity contribution in [2.45, 2.75) is 50.5 Å². The third kappa shape index (κ3) is 5.60. The van der Waals surface area contributed by atoms with E-state index in [0.29, 0.717) is 17.1 Å². The fourth-order valence-corrected chi connectivity index (χ4v) is 3.23. The molecule has 2 atom stereocenters. The summed E-state index contributed by atoms with van der Waals surface area (Å²) in [4.78, 5) is 0. The van der Waals surface area contributed by atoms with Gasteiger partial charge in [-0.2, -0.15) is 21.6 Å². The van der Waals surface area contributed by atoms with Gasteiger partial charge < -0.3 is 14.6 Å². The van der Waals surface area contributed by atoms with E-state index in [1.165, 1.54) is 13.3 Å². The van der Waals surface area contributed by atoms with Gasteiger partial charge in [0.15, 0.2) is 13.3 Å². The highest BCUT2D eigenvalue weighted by Crippen LogP contribution is 2.42. The van der Waals surface area contributed by atoms with Crippen LogP contribution in [0, 0.1) is 0 Å². The van der Waals surface area contributed by atoms with Gasteiger partial charge in [-0.15, -0.1) is 3.98 Å². The van der Waals surface area contributed by atoms with Gasteiger partial charge in [-0.3, -0.25) is 0 Å². The molecule has 0 aliphatic carbocycles. The Morgan fingerprint density at radius 2 is 2.00 bits per heavy atom. The molecule has 0 bridgehead atoms. The largest absolute Gasteiger partial charge is 0.494 e. The van der Waals surface area contributed by atoms with Crippen molar-refractivity contribution in [3.63, 3.8) is 0 Å². The van der Waals surface area contributed by atoms with E-state index < -0.39 is 40.2 Å². The Morgan fingerprint density at radius 1 is 1.36 bits per heavy atom. The molecule has 0 saturated heterocycles. The van der Waals surface area contributed by atoms with Gasteiger partial charge in [0, 0.05) is 12.0 Å². The lowest BCUT2D eigenvalue weighted by Gasteiger charge is -2.40. The molecule has 0 saturated carbocycles. The molecule has 1 aliphatic rings. The highest BCUT2D eigenvalue weighted by Gasteiger charge is 2.44. The summed E-state index contributed by atoms with van der Waals surface area (Å²) in [5, 5.41) is 10.7. The van der Waals surface area contributed by atoms with Crippen LogP contribution in [0.2, 0.25) is 0 Å². The average molecular weight is 424 g/mol. The molecule has 1 unspecified atom stereocenters. The summed E-state index contributed by atoms with van der Waals surface area (Å²) in [6.45, 7) is 3.25. The van der Waals surface area contributed by atoms with Crippen molar-refractivity contribution in [3.8, 4) is 11.5 Å². The maximum absolute atomic E-state index is 12.2. The first-order valence-corrected chi connectivity index (χ1v) is 10.5. The van der Waals surface area contributed by atoms with Crippen LogP contribution in [-0.4, -0.2) is 61.5 Å². The van der Waals surface area contributed by atoms with Crippen LogP contribution in [0.15, 0.2) is 18.2 Å². The van der Waals surface area contributed by atoms with Crippen LogP contribution in [0.5, 0.6) is 11.5 Å². The standard InChI is InChI=1S/C18H25F3NO5S/c1-17(2)16(23)14(11-22(3)28(4,24)25)13-10-12(6-7-15(13)27-17)26-9-5-8-18(19,20)21/h6-7,10-11,14,16,23H,5,8-9H2,1-4H3/q+1/t14?,16-/m1/s1. The second kappa shape index (κ2) is 7.90. The van der Waals surface area contributed by atoms with Crippen molar-refractivity contribution < 1.29 is 40.2 Å². The molecule has 1 N–H and O–H groups in total. The Morgan fingerprint density at radius 3 is 2.57 bits per heavy atom. The SMILES string of the molecule is C[N+](=CC1c2cc(OCCCC(F)(F)F)ccc2OC(C)(C)[C@@H]1O)S(C)(=O)=O. The second-order valence-corrected chi connectivity index (χ2v) is 9.41. The minimum atomic E-state index is -4.24. The summed E-state index contributed by atoms with van der Waals surface area (Å²) in [5.74, 6) is 0.0510. The number of hydrogen-bond donors (Lipinski definition) is 1. The number of alkyl halides is 3. The molecule has 6 nitrogen and oxygen atoms in total. The van der Waals surface area contributed by atoms with E-state index >= 15 is 0 Å². The molecule has 0 fully saturated rings. The average Bonchev–Trinajstić information content (AvgIpc) is 2.54. The predicted molar refractivity (Wildman–Crippen MR) is 97.8 cm³/mol. The van der Waals surface area contributed by atoms with Gasteiger partial charge >= 0.3 is 16.2 Å².